The van der Waals surface area contributed by atoms with Crippen molar-refractivity contribution in [3.8, 4) is 0 Å². The van der Waals surface area contributed by atoms with E-state index in [9.17, 15) is 3.32 Å². The third-order valence-electron chi connectivity index (χ3n) is 1.23. The maximum atomic E-state index is 12.6. The number of rotatable bonds is 1. The number of hydrogen-bond donors (Lipinski definition) is 0. The molecule has 0 unspecified atom stereocenters. The second kappa shape index (κ2) is 4.92. The Kier molecular flexibility index (Phi) is 5.01. The fraction of sp³-hybridized carbons (Fsp3) is 0.167. The van der Waals surface area contributed by atoms with Crippen LogP contribution < -0.4 is 4.29 Å². The number of nitrogens with zero attached hydrogens (tertiary/aromatic N) is 1. The van der Waals surface area contributed by atoms with Crippen LogP contribution in [0.1, 0.15) is 0 Å². The van der Waals surface area contributed by atoms with Crippen LogP contribution in [0.2, 0.25) is 5.52 Å². The van der Waals surface area contributed by atoms with Crippen molar-refractivity contribution in [2.45, 2.75) is 5.52 Å². The summed E-state index contributed by atoms with van der Waals surface area (Å²) in [6.45, 7) is 0. The molecule has 1 rings (SSSR count). The molecule has 0 aliphatic carbocycles. The van der Waals surface area contributed by atoms with Crippen LogP contribution >= 0.6 is 17.0 Å². The summed E-state index contributed by atoms with van der Waals surface area (Å²) in [6.07, 6.45) is 1.64. The Morgan fingerprint density at radius 1 is 1.50 bits per heavy atom. The second-order valence-corrected chi connectivity index (χ2v) is 6.76. The molecule has 0 aliphatic rings. The zero-order valence-electron chi connectivity index (χ0n) is 5.75. The molecule has 0 aromatic carbocycles. The third-order valence-corrected chi connectivity index (χ3v) is 4.20. The number of halogens is 2. The first-order valence-electron chi connectivity index (χ1n) is 3.10. The summed E-state index contributed by atoms with van der Waals surface area (Å²) in [5.74, 6) is 0. The summed E-state index contributed by atoms with van der Waals surface area (Å²) < 4.78 is 13.3. The summed E-state index contributed by atoms with van der Waals surface area (Å²) in [5, 5.41) is 0. The van der Waals surface area contributed by atoms with Crippen LogP contribution in [0.3, 0.4) is 0 Å². The normalized spacial score (nSPS) is 8.20. The third kappa shape index (κ3) is 2.84. The molecule has 0 saturated carbocycles. The van der Waals surface area contributed by atoms with Gasteiger partial charge in [-0.2, -0.15) is 0 Å². The van der Waals surface area contributed by atoms with Crippen molar-refractivity contribution < 1.29 is 19.8 Å². The van der Waals surface area contributed by atoms with Crippen molar-refractivity contribution in [1.29, 1.82) is 0 Å². The van der Waals surface area contributed by atoms with E-state index in [0.29, 0.717) is 4.29 Å². The van der Waals surface area contributed by atoms with Crippen molar-refractivity contribution in [3.63, 3.8) is 0 Å². The zero-order valence-corrected chi connectivity index (χ0v) is 10.4. The molecule has 0 N–H and O–H groups in total. The average molecular weight is 258 g/mol. The van der Waals surface area contributed by atoms with Crippen LogP contribution in [-0.2, 0) is 16.4 Å². The van der Waals surface area contributed by atoms with Crippen molar-refractivity contribution in [1.82, 2.24) is 4.98 Å². The van der Waals surface area contributed by atoms with Gasteiger partial charge in [0.15, 0.2) is 0 Å². The van der Waals surface area contributed by atoms with E-state index in [4.69, 9.17) is 0 Å². The monoisotopic (exact) mass is 256 g/mol. The van der Waals surface area contributed by atoms with Crippen LogP contribution in [0, 0.1) is 0 Å². The van der Waals surface area contributed by atoms with Gasteiger partial charge in [-0.1, -0.05) is 0 Å². The zero-order chi connectivity index (χ0) is 6.69. The van der Waals surface area contributed by atoms with Gasteiger partial charge in [-0.05, 0) is 0 Å². The van der Waals surface area contributed by atoms with Gasteiger partial charge in [0.05, 0.1) is 0 Å². The van der Waals surface area contributed by atoms with Gasteiger partial charge in [0.25, 0.3) is 0 Å². The van der Waals surface area contributed by atoms with Gasteiger partial charge in [0, 0.05) is 0 Å². The van der Waals surface area contributed by atoms with E-state index in [1.54, 1.807) is 23.8 Å². The quantitative estimate of drug-likeness (QED) is 0.701. The fourth-order valence-electron chi connectivity index (χ4n) is 0.686. The predicted octanol–water partition coefficient (Wildman–Crippen LogP) is 1.84. The molecule has 0 amide bonds. The van der Waals surface area contributed by atoms with Crippen LogP contribution in [0.15, 0.2) is 24.4 Å². The molecule has 0 spiro atoms. The van der Waals surface area contributed by atoms with Gasteiger partial charge in [0.2, 0.25) is 0 Å². The van der Waals surface area contributed by atoms with Gasteiger partial charge < -0.3 is 0 Å². The molecule has 0 bridgehead atoms. The minimum absolute atomic E-state index is 0. The van der Waals surface area contributed by atoms with Crippen LogP contribution in [0.25, 0.3) is 0 Å². The van der Waals surface area contributed by atoms with Gasteiger partial charge in [0.1, 0.15) is 0 Å². The Morgan fingerprint density at radius 3 is 2.50 bits per heavy atom. The van der Waals surface area contributed by atoms with Crippen LogP contribution in [0.4, 0.5) is 3.32 Å². The minimum atomic E-state index is -2.73. The summed E-state index contributed by atoms with van der Waals surface area (Å²) in [5.41, 5.74) is 1.68. The van der Waals surface area contributed by atoms with Crippen molar-refractivity contribution in [2.75, 3.05) is 0 Å². The number of pyridine rings is 1. The number of hydrogen-bond acceptors (Lipinski definition) is 1. The molecule has 0 atom stereocenters. The van der Waals surface area contributed by atoms with Crippen molar-refractivity contribution in [3.05, 3.63) is 24.4 Å². The molecule has 1 aromatic heterocycles. The Bertz CT molecular complexity index is 180. The van der Waals surface area contributed by atoms with E-state index in [-0.39, 0.29) is 17.0 Å². The molecule has 1 nitrogen and oxygen atoms in total. The standard InChI is InChI=1S/C5H4N.CH3.BrH.FH.Zn/c1-2-4-6-5-3-1;;;;/h1-4H;1H3;2*1H;/q;;;;+1/p-1. The molecule has 4 heteroatoms. The second-order valence-electron chi connectivity index (χ2n) is 2.08. The molecule has 0 saturated heterocycles. The Morgan fingerprint density at radius 2 is 2.20 bits per heavy atom. The van der Waals surface area contributed by atoms with E-state index < -0.39 is 16.4 Å². The summed E-state index contributed by atoms with van der Waals surface area (Å²) >= 11 is -2.73. The van der Waals surface area contributed by atoms with E-state index in [1.165, 1.54) is 0 Å². The molecule has 1 aromatic rings. The molecular formula is C6H8BrFNZn. The molecule has 53 valence electrons. The maximum absolute atomic E-state index is 12.6. The topological polar surface area (TPSA) is 12.9 Å². The Hall–Kier alpha value is 0.183. The van der Waals surface area contributed by atoms with Crippen molar-refractivity contribution in [2.24, 2.45) is 0 Å². The van der Waals surface area contributed by atoms with E-state index in [2.05, 4.69) is 4.98 Å². The van der Waals surface area contributed by atoms with Gasteiger partial charge in [-0.15, -0.1) is 17.0 Å². The van der Waals surface area contributed by atoms with Gasteiger partial charge in [-0.25, -0.2) is 0 Å². The number of aromatic nitrogens is 1. The molecule has 0 fully saturated rings. The van der Waals surface area contributed by atoms with E-state index in [1.807, 2.05) is 6.07 Å². The molecule has 0 aliphatic heterocycles. The Labute approximate surface area is 75.9 Å². The predicted molar refractivity (Wildman–Crippen MR) is 41.2 cm³/mol. The molecule has 10 heavy (non-hydrogen) atoms. The molecule has 0 radical (unpaired) electrons. The first kappa shape index (κ1) is 10.2. The van der Waals surface area contributed by atoms with E-state index in [0.717, 1.165) is 0 Å². The van der Waals surface area contributed by atoms with Crippen molar-refractivity contribution >= 4 is 21.3 Å². The molecule has 1 heterocycles. The van der Waals surface area contributed by atoms with Gasteiger partial charge in [-0.3, -0.25) is 0 Å². The van der Waals surface area contributed by atoms with Crippen LogP contribution in [0.5, 0.6) is 0 Å². The first-order valence-corrected chi connectivity index (χ1v) is 8.67. The fourth-order valence-corrected chi connectivity index (χ4v) is 2.40. The first-order chi connectivity index (χ1) is 4.30. The van der Waals surface area contributed by atoms with E-state index >= 15 is 0 Å². The van der Waals surface area contributed by atoms with Gasteiger partial charge >= 0.3 is 59.0 Å². The molecular weight excluding hydrogens is 250 g/mol. The summed E-state index contributed by atoms with van der Waals surface area (Å²) in [6, 6.07) is 5.40. The summed E-state index contributed by atoms with van der Waals surface area (Å²) in [7, 11) is 0. The average Bonchev–Trinajstić information content (AvgIpc) is 1.90. The SMILES string of the molecule is Br.[CH3][Zn]([F])[c]1ccccn1. The summed E-state index contributed by atoms with van der Waals surface area (Å²) in [4.78, 5) is 3.90. The van der Waals surface area contributed by atoms with Crippen LogP contribution in [-0.4, -0.2) is 4.98 Å². The Balaban J connectivity index is 0.000000810.